The summed E-state index contributed by atoms with van der Waals surface area (Å²) in [6.45, 7) is 1.84. The highest BCUT2D eigenvalue weighted by Gasteiger charge is 2.11. The highest BCUT2D eigenvalue weighted by atomic mass is 16.3. The van der Waals surface area contributed by atoms with Crippen molar-refractivity contribution in [3.05, 3.63) is 72.0 Å². The van der Waals surface area contributed by atoms with Crippen LogP contribution >= 0.6 is 0 Å². The maximum atomic E-state index is 12.0. The molecule has 0 radical (unpaired) electrons. The van der Waals surface area contributed by atoms with Gasteiger partial charge in [-0.05, 0) is 24.6 Å². The number of furan rings is 1. The third-order valence-corrected chi connectivity index (χ3v) is 3.17. The summed E-state index contributed by atoms with van der Waals surface area (Å²) < 4.78 is 5.49. The molecule has 1 amide bonds. The van der Waals surface area contributed by atoms with Gasteiger partial charge in [-0.25, -0.2) is 5.43 Å². The van der Waals surface area contributed by atoms with Crippen LogP contribution in [0.1, 0.15) is 23.0 Å². The maximum Gasteiger partial charge on any atom is 0.307 e. The van der Waals surface area contributed by atoms with Crippen molar-refractivity contribution >= 4 is 22.6 Å². The van der Waals surface area contributed by atoms with Crippen molar-refractivity contribution < 1.29 is 9.21 Å². The second kappa shape index (κ2) is 5.63. The molecule has 0 unspecified atom stereocenters. The summed E-state index contributed by atoms with van der Waals surface area (Å²) in [6.07, 6.45) is 0. The van der Waals surface area contributed by atoms with Gasteiger partial charge < -0.3 is 4.42 Å². The normalized spacial score (nSPS) is 11.6. The highest BCUT2D eigenvalue weighted by Crippen LogP contribution is 2.18. The van der Waals surface area contributed by atoms with Crippen LogP contribution in [0.15, 0.2) is 70.2 Å². The predicted molar refractivity (Wildman–Crippen MR) is 82.3 cm³/mol. The molecule has 1 aromatic heterocycles. The lowest BCUT2D eigenvalue weighted by atomic mass is 10.1. The second-order valence-corrected chi connectivity index (χ2v) is 4.65. The summed E-state index contributed by atoms with van der Waals surface area (Å²) in [5.41, 5.74) is 4.90. The molecule has 0 aliphatic carbocycles. The topological polar surface area (TPSA) is 54.6 Å². The van der Waals surface area contributed by atoms with Crippen molar-refractivity contribution in [1.82, 2.24) is 5.43 Å². The number of nitrogens with zero attached hydrogens (tertiary/aromatic N) is 1. The van der Waals surface area contributed by atoms with Crippen LogP contribution in [0.5, 0.6) is 0 Å². The lowest BCUT2D eigenvalue weighted by Crippen LogP contribution is -2.18. The van der Waals surface area contributed by atoms with Crippen molar-refractivity contribution in [2.75, 3.05) is 0 Å². The van der Waals surface area contributed by atoms with Crippen molar-refractivity contribution in [2.45, 2.75) is 6.92 Å². The Balaban J connectivity index is 1.77. The Kier molecular flexibility index (Phi) is 3.51. The number of carbonyl (C=O) groups excluding carboxylic acids is 1. The summed E-state index contributed by atoms with van der Waals surface area (Å²) >= 11 is 0. The van der Waals surface area contributed by atoms with Gasteiger partial charge in [0.1, 0.15) is 5.58 Å². The summed E-state index contributed by atoms with van der Waals surface area (Å²) in [4.78, 5) is 12.0. The molecule has 1 N–H and O–H groups in total. The number of fused-ring (bicyclic) bond motifs is 1. The first-order valence-electron chi connectivity index (χ1n) is 6.62. The van der Waals surface area contributed by atoms with Gasteiger partial charge in [0.25, 0.3) is 0 Å². The van der Waals surface area contributed by atoms with Crippen molar-refractivity contribution in [2.24, 2.45) is 5.10 Å². The van der Waals surface area contributed by atoms with Gasteiger partial charge in [0.15, 0.2) is 5.76 Å². The van der Waals surface area contributed by atoms with Crippen LogP contribution in [-0.2, 0) is 0 Å². The second-order valence-electron chi connectivity index (χ2n) is 4.65. The van der Waals surface area contributed by atoms with Crippen LogP contribution in [0.2, 0.25) is 0 Å². The van der Waals surface area contributed by atoms with Crippen LogP contribution in [-0.4, -0.2) is 11.6 Å². The minimum atomic E-state index is -0.360. The lowest BCUT2D eigenvalue weighted by Gasteiger charge is -2.00. The Bertz CT molecular complexity index is 771. The predicted octanol–water partition coefficient (Wildman–Crippen LogP) is 3.59. The summed E-state index contributed by atoms with van der Waals surface area (Å²) in [5, 5.41) is 4.99. The molecule has 3 rings (SSSR count). The quantitative estimate of drug-likeness (QED) is 0.588. The number of hydrogen-bond donors (Lipinski definition) is 1. The van der Waals surface area contributed by atoms with Crippen molar-refractivity contribution in [3.8, 4) is 0 Å². The molecule has 4 nitrogen and oxygen atoms in total. The number of para-hydroxylation sites is 1. The Morgan fingerprint density at radius 3 is 2.52 bits per heavy atom. The summed E-state index contributed by atoms with van der Waals surface area (Å²) in [5.74, 6) is -0.109. The molecule has 21 heavy (non-hydrogen) atoms. The SMILES string of the molecule is CC(=NNC(=O)c1cc2ccccc2o1)c1ccccc1. The first-order valence-corrected chi connectivity index (χ1v) is 6.62. The summed E-state index contributed by atoms with van der Waals surface area (Å²) in [6, 6.07) is 18.9. The molecule has 4 heteroatoms. The highest BCUT2D eigenvalue weighted by molar-refractivity contribution is 6.01. The van der Waals surface area contributed by atoms with E-state index in [0.717, 1.165) is 16.7 Å². The van der Waals surface area contributed by atoms with Crippen molar-refractivity contribution in [3.63, 3.8) is 0 Å². The Labute approximate surface area is 122 Å². The van der Waals surface area contributed by atoms with E-state index in [4.69, 9.17) is 4.42 Å². The van der Waals surface area contributed by atoms with Gasteiger partial charge in [-0.2, -0.15) is 5.10 Å². The molecule has 0 atom stereocenters. The largest absolute Gasteiger partial charge is 0.451 e. The summed E-state index contributed by atoms with van der Waals surface area (Å²) in [7, 11) is 0. The molecule has 104 valence electrons. The zero-order chi connectivity index (χ0) is 14.7. The van der Waals surface area contributed by atoms with E-state index in [0.29, 0.717) is 5.58 Å². The van der Waals surface area contributed by atoms with E-state index in [1.165, 1.54) is 0 Å². The van der Waals surface area contributed by atoms with E-state index in [1.54, 1.807) is 6.07 Å². The van der Waals surface area contributed by atoms with Crippen molar-refractivity contribution in [1.29, 1.82) is 0 Å². The third kappa shape index (κ3) is 2.84. The number of nitrogens with one attached hydrogen (secondary N) is 1. The van der Waals surface area contributed by atoms with Gasteiger partial charge in [-0.1, -0.05) is 48.5 Å². The monoisotopic (exact) mass is 278 g/mol. The van der Waals surface area contributed by atoms with E-state index < -0.39 is 0 Å². The average molecular weight is 278 g/mol. The molecule has 1 heterocycles. The minimum Gasteiger partial charge on any atom is -0.451 e. The molecule has 0 fully saturated rings. The maximum absolute atomic E-state index is 12.0. The zero-order valence-electron chi connectivity index (χ0n) is 11.5. The number of hydrogen-bond acceptors (Lipinski definition) is 3. The van der Waals surface area contributed by atoms with Crippen LogP contribution < -0.4 is 5.43 Å². The Morgan fingerprint density at radius 1 is 1.05 bits per heavy atom. The molecule has 0 aliphatic heterocycles. The fraction of sp³-hybridized carbons (Fsp3) is 0.0588. The molecule has 2 aromatic carbocycles. The van der Waals surface area contributed by atoms with Crippen LogP contribution in [0.4, 0.5) is 0 Å². The fourth-order valence-electron chi connectivity index (χ4n) is 2.03. The van der Waals surface area contributed by atoms with E-state index in [-0.39, 0.29) is 11.7 Å². The van der Waals surface area contributed by atoms with Gasteiger partial charge in [0.2, 0.25) is 0 Å². The van der Waals surface area contributed by atoms with E-state index in [2.05, 4.69) is 10.5 Å². The van der Waals surface area contributed by atoms with E-state index >= 15 is 0 Å². The average Bonchev–Trinajstić information content (AvgIpc) is 2.97. The van der Waals surface area contributed by atoms with E-state index in [9.17, 15) is 4.79 Å². The molecule has 3 aromatic rings. The van der Waals surface area contributed by atoms with Gasteiger partial charge in [0, 0.05) is 5.39 Å². The molecular formula is C17H14N2O2. The van der Waals surface area contributed by atoms with Gasteiger partial charge in [-0.15, -0.1) is 0 Å². The number of amides is 1. The minimum absolute atomic E-state index is 0.251. The molecule has 0 saturated heterocycles. The lowest BCUT2D eigenvalue weighted by molar-refractivity contribution is 0.0929. The molecule has 0 spiro atoms. The van der Waals surface area contributed by atoms with Gasteiger partial charge in [-0.3, -0.25) is 4.79 Å². The number of carbonyl (C=O) groups is 1. The Morgan fingerprint density at radius 2 is 1.76 bits per heavy atom. The van der Waals surface area contributed by atoms with Crippen LogP contribution in [0.25, 0.3) is 11.0 Å². The van der Waals surface area contributed by atoms with Crippen LogP contribution in [0.3, 0.4) is 0 Å². The first kappa shape index (κ1) is 13.1. The fourth-order valence-corrected chi connectivity index (χ4v) is 2.03. The number of hydrazone groups is 1. The number of benzene rings is 2. The van der Waals surface area contributed by atoms with E-state index in [1.807, 2.05) is 61.5 Å². The third-order valence-electron chi connectivity index (χ3n) is 3.17. The molecule has 0 bridgehead atoms. The van der Waals surface area contributed by atoms with Crippen LogP contribution in [0, 0.1) is 0 Å². The van der Waals surface area contributed by atoms with Gasteiger partial charge >= 0.3 is 5.91 Å². The molecular weight excluding hydrogens is 264 g/mol. The zero-order valence-corrected chi connectivity index (χ0v) is 11.5. The number of rotatable bonds is 3. The smallest absolute Gasteiger partial charge is 0.307 e. The molecule has 0 saturated carbocycles. The molecule has 0 aliphatic rings. The standard InChI is InChI=1S/C17H14N2O2/c1-12(13-7-3-2-4-8-13)18-19-17(20)16-11-14-9-5-6-10-15(14)21-16/h2-11H,1H3,(H,19,20). The first-order chi connectivity index (χ1) is 10.2. The Hall–Kier alpha value is -2.88. The van der Waals surface area contributed by atoms with Gasteiger partial charge in [0.05, 0.1) is 5.71 Å².